The topological polar surface area (TPSA) is 169 Å². The summed E-state index contributed by atoms with van der Waals surface area (Å²) in [6.07, 6.45) is -0.224. The molecular weight excluding hydrogens is 502 g/mol. The number of rotatable bonds is 6. The first-order chi connectivity index (χ1) is 17.5. The molecule has 0 aromatic carbocycles. The van der Waals surface area contributed by atoms with E-state index in [9.17, 15) is 18.6 Å². The van der Waals surface area contributed by atoms with Crippen LogP contribution in [0.1, 0.15) is 64.3 Å². The van der Waals surface area contributed by atoms with Crippen molar-refractivity contribution >= 4 is 27.0 Å². The average molecular weight is 536 g/mol. The van der Waals surface area contributed by atoms with Gasteiger partial charge in [0.25, 0.3) is 0 Å². The van der Waals surface area contributed by atoms with Crippen LogP contribution in [0.2, 0.25) is 0 Å². The van der Waals surface area contributed by atoms with Crippen LogP contribution in [-0.4, -0.2) is 84.7 Å². The van der Waals surface area contributed by atoms with E-state index < -0.39 is 34.6 Å². The van der Waals surface area contributed by atoms with Crippen molar-refractivity contribution in [3.63, 3.8) is 0 Å². The third-order valence-electron chi connectivity index (χ3n) is 7.00. The molecule has 3 aromatic heterocycles. The van der Waals surface area contributed by atoms with E-state index >= 15 is 0 Å². The number of hydrogen-bond donors (Lipinski definition) is 3. The average Bonchev–Trinajstić information content (AvgIpc) is 3.58. The van der Waals surface area contributed by atoms with Crippen LogP contribution in [0.25, 0.3) is 11.2 Å². The summed E-state index contributed by atoms with van der Waals surface area (Å²) in [7, 11) is -3.20. The first kappa shape index (κ1) is 26.0. The van der Waals surface area contributed by atoms with E-state index in [1.165, 1.54) is 17.0 Å². The minimum atomic E-state index is -3.20. The van der Waals surface area contributed by atoms with Crippen LogP contribution < -0.4 is 5.32 Å². The lowest BCUT2D eigenvalue weighted by Crippen LogP contribution is -2.43. The number of fused-ring (bicyclic) bond motifs is 1. The Hall–Kier alpha value is -2.65. The molecule has 37 heavy (non-hydrogen) atoms. The predicted octanol–water partition coefficient (Wildman–Crippen LogP) is 1.33. The minimum Gasteiger partial charge on any atom is -0.387 e. The monoisotopic (exact) mass is 535 g/mol. The van der Waals surface area contributed by atoms with Crippen LogP contribution in [-0.2, 0) is 20.2 Å². The van der Waals surface area contributed by atoms with Gasteiger partial charge in [0.2, 0.25) is 10.0 Å². The van der Waals surface area contributed by atoms with E-state index in [0.29, 0.717) is 54.4 Å². The van der Waals surface area contributed by atoms with Crippen molar-refractivity contribution in [3.05, 3.63) is 30.2 Å². The lowest BCUT2D eigenvalue weighted by molar-refractivity contribution is -0.0434. The zero-order chi connectivity index (χ0) is 26.5. The smallest absolute Gasteiger partial charge is 0.213 e. The molecule has 2 fully saturated rings. The Morgan fingerprint density at radius 1 is 1.14 bits per heavy atom. The van der Waals surface area contributed by atoms with Crippen molar-refractivity contribution in [3.8, 4) is 0 Å². The van der Waals surface area contributed by atoms with Gasteiger partial charge in [-0.15, -0.1) is 0 Å². The molecule has 14 heteroatoms. The van der Waals surface area contributed by atoms with Gasteiger partial charge >= 0.3 is 0 Å². The van der Waals surface area contributed by atoms with Gasteiger partial charge in [-0.1, -0.05) is 25.9 Å². The lowest BCUT2D eigenvalue weighted by atomic mass is 9.92. The van der Waals surface area contributed by atoms with Gasteiger partial charge in [0, 0.05) is 30.6 Å². The molecule has 0 spiro atoms. The van der Waals surface area contributed by atoms with Crippen LogP contribution in [0.3, 0.4) is 0 Å². The second-order valence-electron chi connectivity index (χ2n) is 10.6. The number of aliphatic hydroxyl groups is 2. The highest BCUT2D eigenvalue weighted by Crippen LogP contribution is 2.41. The zero-order valence-corrected chi connectivity index (χ0v) is 22.1. The first-order valence-corrected chi connectivity index (χ1v) is 14.0. The SMILES string of the molecule is CCS(=O)(=O)N1CCC(Nc2ncnc3c2ncn3[C@@H]2O[C@H](c3cc(C(C)(C)C)no3)[C@@H](O)[C@H]2O)CC1. The molecule has 4 atom stereocenters. The predicted molar refractivity (Wildman–Crippen MR) is 133 cm³/mol. The van der Waals surface area contributed by atoms with Gasteiger partial charge in [-0.05, 0) is 19.8 Å². The van der Waals surface area contributed by atoms with E-state index in [1.54, 1.807) is 17.6 Å². The Morgan fingerprint density at radius 3 is 2.51 bits per heavy atom. The largest absolute Gasteiger partial charge is 0.387 e. The molecule has 0 saturated carbocycles. The molecule has 0 amide bonds. The maximum atomic E-state index is 12.1. The Labute approximate surface area is 214 Å². The fourth-order valence-corrected chi connectivity index (χ4v) is 5.83. The number of sulfonamides is 1. The van der Waals surface area contributed by atoms with E-state index in [1.807, 2.05) is 20.8 Å². The summed E-state index contributed by atoms with van der Waals surface area (Å²) < 4.78 is 38.9. The molecule has 5 heterocycles. The van der Waals surface area contributed by atoms with Gasteiger partial charge in [-0.25, -0.2) is 27.7 Å². The highest BCUT2D eigenvalue weighted by Gasteiger charge is 2.47. The normalized spacial score (nSPS) is 26.2. The van der Waals surface area contributed by atoms with Crippen LogP contribution >= 0.6 is 0 Å². The fourth-order valence-electron chi connectivity index (χ4n) is 4.70. The van der Waals surface area contributed by atoms with Gasteiger partial charge in [0.15, 0.2) is 29.0 Å². The molecule has 13 nitrogen and oxygen atoms in total. The fraction of sp³-hybridized carbons (Fsp3) is 0.652. The van der Waals surface area contributed by atoms with Crippen molar-refractivity contribution in [2.45, 2.75) is 76.5 Å². The highest BCUT2D eigenvalue weighted by molar-refractivity contribution is 7.89. The van der Waals surface area contributed by atoms with E-state index in [-0.39, 0.29) is 17.2 Å². The maximum absolute atomic E-state index is 12.1. The number of aromatic nitrogens is 5. The zero-order valence-electron chi connectivity index (χ0n) is 21.3. The standard InChI is InChI=1S/C23H33N7O6S/c1-5-37(33,34)29-8-6-13(7-9-29)27-20-16-21(25-11-24-20)30(12-26-16)22-18(32)17(31)19(35-22)14-10-15(28-36-14)23(2,3)4/h10-13,17-19,22,31-32H,5-9H2,1-4H3,(H,24,25,27)/t17-,18+,19+,22+/m0/s1. The van der Waals surface area contributed by atoms with E-state index in [4.69, 9.17) is 9.26 Å². The van der Waals surface area contributed by atoms with Crippen LogP contribution in [0.5, 0.6) is 0 Å². The molecule has 5 rings (SSSR count). The van der Waals surface area contributed by atoms with Gasteiger partial charge in [0.05, 0.1) is 17.8 Å². The summed E-state index contributed by atoms with van der Waals surface area (Å²) in [6.45, 7) is 8.52. The summed E-state index contributed by atoms with van der Waals surface area (Å²) in [6, 6.07) is 1.76. The van der Waals surface area contributed by atoms with Crippen molar-refractivity contribution in [2.24, 2.45) is 0 Å². The first-order valence-electron chi connectivity index (χ1n) is 12.4. The molecule has 0 radical (unpaired) electrons. The molecular formula is C23H33N7O6S. The maximum Gasteiger partial charge on any atom is 0.213 e. The summed E-state index contributed by atoms with van der Waals surface area (Å²) >= 11 is 0. The molecule has 2 saturated heterocycles. The van der Waals surface area contributed by atoms with Crippen molar-refractivity contribution in [2.75, 3.05) is 24.2 Å². The van der Waals surface area contributed by atoms with Crippen molar-refractivity contribution in [1.82, 2.24) is 29.0 Å². The van der Waals surface area contributed by atoms with Gasteiger partial charge in [-0.2, -0.15) is 0 Å². The molecule has 3 N–H and O–H groups in total. The Balaban J connectivity index is 1.34. The van der Waals surface area contributed by atoms with E-state index in [0.717, 1.165) is 0 Å². The van der Waals surface area contributed by atoms with Crippen LogP contribution in [0, 0.1) is 0 Å². The molecule has 2 aliphatic heterocycles. The minimum absolute atomic E-state index is 0.0227. The summed E-state index contributed by atoms with van der Waals surface area (Å²) in [5.74, 6) is 0.931. The molecule has 0 aliphatic carbocycles. The number of hydrogen-bond acceptors (Lipinski definition) is 11. The molecule has 0 bridgehead atoms. The quantitative estimate of drug-likeness (QED) is 0.416. The number of anilines is 1. The van der Waals surface area contributed by atoms with Crippen molar-refractivity contribution in [1.29, 1.82) is 0 Å². The molecule has 2 aliphatic rings. The summed E-state index contributed by atoms with van der Waals surface area (Å²) in [5.41, 5.74) is 1.37. The van der Waals surface area contributed by atoms with Gasteiger partial charge in [-0.3, -0.25) is 4.57 Å². The lowest BCUT2D eigenvalue weighted by Gasteiger charge is -2.31. The number of piperidine rings is 1. The summed E-state index contributed by atoms with van der Waals surface area (Å²) in [5, 5.41) is 29.0. The van der Waals surface area contributed by atoms with Crippen molar-refractivity contribution < 1.29 is 27.9 Å². The highest BCUT2D eigenvalue weighted by atomic mass is 32.2. The summed E-state index contributed by atoms with van der Waals surface area (Å²) in [4.78, 5) is 13.1. The number of ether oxygens (including phenoxy) is 1. The number of nitrogens with zero attached hydrogens (tertiary/aromatic N) is 6. The van der Waals surface area contributed by atoms with Gasteiger partial charge < -0.3 is 24.8 Å². The van der Waals surface area contributed by atoms with Gasteiger partial charge in [0.1, 0.15) is 24.6 Å². The Morgan fingerprint density at radius 2 is 1.86 bits per heavy atom. The third kappa shape index (κ3) is 4.83. The Bertz CT molecular complexity index is 1360. The third-order valence-corrected chi connectivity index (χ3v) is 8.88. The number of nitrogens with one attached hydrogen (secondary N) is 1. The number of aliphatic hydroxyl groups excluding tert-OH is 2. The van der Waals surface area contributed by atoms with Crippen LogP contribution in [0.15, 0.2) is 23.2 Å². The van der Waals surface area contributed by atoms with Crippen LogP contribution in [0.4, 0.5) is 5.82 Å². The molecule has 0 unspecified atom stereocenters. The second-order valence-corrected chi connectivity index (χ2v) is 12.8. The number of imidazole rings is 1. The van der Waals surface area contributed by atoms with E-state index in [2.05, 4.69) is 25.4 Å². The molecule has 3 aromatic rings. The second kappa shape index (κ2) is 9.58. The Kier molecular flexibility index (Phi) is 6.73. The molecule has 202 valence electrons.